The first-order valence-corrected chi connectivity index (χ1v) is 6.06. The zero-order chi connectivity index (χ0) is 12.8. The largest absolute Gasteiger partial charge is 0.484 e. The van der Waals surface area contributed by atoms with Crippen LogP contribution < -0.4 is 4.74 Å². The van der Waals surface area contributed by atoms with Gasteiger partial charge in [-0.15, -0.1) is 0 Å². The summed E-state index contributed by atoms with van der Waals surface area (Å²) in [5.74, 6) is 0.704. The van der Waals surface area contributed by atoms with E-state index >= 15 is 0 Å². The van der Waals surface area contributed by atoms with Crippen LogP contribution in [0, 0.1) is 0 Å². The Kier molecular flexibility index (Phi) is 4.37. The van der Waals surface area contributed by atoms with Gasteiger partial charge >= 0.3 is 0 Å². The summed E-state index contributed by atoms with van der Waals surface area (Å²) < 4.78 is 5.39. The highest BCUT2D eigenvalue weighted by Crippen LogP contribution is 2.21. The van der Waals surface area contributed by atoms with E-state index in [0.29, 0.717) is 5.75 Å². The number of halogens is 1. The van der Waals surface area contributed by atoms with E-state index in [1.165, 1.54) is 5.56 Å². The van der Waals surface area contributed by atoms with Crippen molar-refractivity contribution >= 4 is 16.8 Å². The molecule has 0 saturated heterocycles. The molecule has 18 heavy (non-hydrogen) atoms. The number of benzene rings is 2. The van der Waals surface area contributed by atoms with Gasteiger partial charge in [-0.3, -0.25) is 4.79 Å². The van der Waals surface area contributed by atoms with Crippen LogP contribution in [0.5, 0.6) is 5.75 Å². The number of ether oxygens (including phenoxy) is 1. The molecule has 0 atom stereocenters. The lowest BCUT2D eigenvalue weighted by Crippen LogP contribution is -2.06. The second-order valence-corrected chi connectivity index (χ2v) is 4.34. The van der Waals surface area contributed by atoms with E-state index < -0.39 is 5.24 Å². The zero-order valence-corrected chi connectivity index (χ0v) is 10.6. The van der Waals surface area contributed by atoms with Gasteiger partial charge in [-0.25, -0.2) is 0 Å². The van der Waals surface area contributed by atoms with Crippen LogP contribution >= 0.6 is 11.6 Å². The van der Waals surface area contributed by atoms with Gasteiger partial charge < -0.3 is 4.74 Å². The Balaban J connectivity index is 2.14. The van der Waals surface area contributed by atoms with E-state index in [2.05, 4.69) is 12.1 Å². The second-order valence-electron chi connectivity index (χ2n) is 3.91. The van der Waals surface area contributed by atoms with Crippen molar-refractivity contribution < 1.29 is 9.53 Å². The molecule has 3 heteroatoms. The predicted molar refractivity (Wildman–Crippen MR) is 72.0 cm³/mol. The van der Waals surface area contributed by atoms with Crippen molar-refractivity contribution in [2.75, 3.05) is 6.61 Å². The number of carbonyl (C=O) groups excluding carboxylic acids is 1. The SMILES string of the molecule is O=C(Cl)COc1ccccc1Cc1ccccc1. The summed E-state index contributed by atoms with van der Waals surface area (Å²) in [6, 6.07) is 17.8. The molecule has 0 aliphatic heterocycles. The molecular weight excluding hydrogens is 248 g/mol. The van der Waals surface area contributed by atoms with Gasteiger partial charge in [0.1, 0.15) is 5.75 Å². The number of carbonyl (C=O) groups is 1. The fraction of sp³-hybridized carbons (Fsp3) is 0.133. The topological polar surface area (TPSA) is 26.3 Å². The van der Waals surface area contributed by atoms with Crippen LogP contribution in [0.4, 0.5) is 0 Å². The van der Waals surface area contributed by atoms with E-state index in [9.17, 15) is 4.79 Å². The minimum Gasteiger partial charge on any atom is -0.484 e. The fourth-order valence-corrected chi connectivity index (χ4v) is 1.80. The lowest BCUT2D eigenvalue weighted by Gasteiger charge is -2.09. The Bertz CT molecular complexity index is 523. The van der Waals surface area contributed by atoms with Crippen LogP contribution in [0.2, 0.25) is 0 Å². The molecule has 0 heterocycles. The highest BCUT2D eigenvalue weighted by molar-refractivity contribution is 6.63. The Morgan fingerprint density at radius 1 is 1.00 bits per heavy atom. The molecule has 0 unspecified atom stereocenters. The average molecular weight is 261 g/mol. The molecular formula is C15H13ClO2. The zero-order valence-electron chi connectivity index (χ0n) is 9.80. The summed E-state index contributed by atoms with van der Waals surface area (Å²) in [5.41, 5.74) is 2.24. The van der Waals surface area contributed by atoms with Gasteiger partial charge in [-0.1, -0.05) is 48.5 Å². The number of hydrogen-bond acceptors (Lipinski definition) is 2. The molecule has 2 aromatic rings. The summed E-state index contributed by atoms with van der Waals surface area (Å²) >= 11 is 5.28. The van der Waals surface area contributed by atoms with Crippen LogP contribution in [0.15, 0.2) is 54.6 Å². The molecule has 0 aliphatic carbocycles. The minimum atomic E-state index is -0.496. The first kappa shape index (κ1) is 12.7. The van der Waals surface area contributed by atoms with Crippen molar-refractivity contribution in [2.24, 2.45) is 0 Å². The highest BCUT2D eigenvalue weighted by atomic mass is 35.5. The predicted octanol–water partition coefficient (Wildman–Crippen LogP) is 3.42. The van der Waals surface area contributed by atoms with Crippen LogP contribution in [0.3, 0.4) is 0 Å². The van der Waals surface area contributed by atoms with E-state index in [1.807, 2.05) is 42.5 Å². The molecule has 0 amide bonds. The number of rotatable bonds is 5. The van der Waals surface area contributed by atoms with Gasteiger partial charge in [0, 0.05) is 6.42 Å². The van der Waals surface area contributed by atoms with E-state index in [4.69, 9.17) is 16.3 Å². The van der Waals surface area contributed by atoms with Crippen molar-refractivity contribution in [3.8, 4) is 5.75 Å². The summed E-state index contributed by atoms with van der Waals surface area (Å²) in [6.45, 7) is -0.104. The third kappa shape index (κ3) is 3.60. The Hall–Kier alpha value is -1.80. The minimum absolute atomic E-state index is 0.104. The van der Waals surface area contributed by atoms with Crippen molar-refractivity contribution in [3.05, 3.63) is 65.7 Å². The van der Waals surface area contributed by atoms with Crippen molar-refractivity contribution in [2.45, 2.75) is 6.42 Å². The summed E-state index contributed by atoms with van der Waals surface area (Å²) in [6.07, 6.45) is 0.771. The molecule has 2 rings (SSSR count). The average Bonchev–Trinajstić information content (AvgIpc) is 2.39. The van der Waals surface area contributed by atoms with Crippen LogP contribution in [0.25, 0.3) is 0 Å². The molecule has 92 valence electrons. The fourth-order valence-electron chi connectivity index (χ4n) is 1.74. The van der Waals surface area contributed by atoms with Crippen LogP contribution in [-0.4, -0.2) is 11.8 Å². The van der Waals surface area contributed by atoms with Crippen LogP contribution in [0.1, 0.15) is 11.1 Å². The lowest BCUT2D eigenvalue weighted by atomic mass is 10.0. The Morgan fingerprint density at radius 2 is 1.67 bits per heavy atom. The number of para-hydroxylation sites is 1. The van der Waals surface area contributed by atoms with E-state index in [0.717, 1.165) is 12.0 Å². The third-order valence-electron chi connectivity index (χ3n) is 2.55. The molecule has 0 N–H and O–H groups in total. The quantitative estimate of drug-likeness (QED) is 0.770. The van der Waals surface area contributed by atoms with E-state index in [1.54, 1.807) is 0 Å². The summed E-state index contributed by atoms with van der Waals surface area (Å²) in [7, 11) is 0. The number of hydrogen-bond donors (Lipinski definition) is 0. The Morgan fingerprint density at radius 3 is 2.39 bits per heavy atom. The molecule has 2 aromatic carbocycles. The molecule has 0 saturated carbocycles. The first-order chi connectivity index (χ1) is 8.75. The highest BCUT2D eigenvalue weighted by Gasteiger charge is 2.05. The summed E-state index contributed by atoms with van der Waals surface area (Å²) in [5, 5.41) is -0.496. The maximum atomic E-state index is 10.7. The summed E-state index contributed by atoms with van der Waals surface area (Å²) in [4.78, 5) is 10.7. The van der Waals surface area contributed by atoms with Gasteiger partial charge in [0.05, 0.1) is 0 Å². The van der Waals surface area contributed by atoms with Gasteiger partial charge in [0.25, 0.3) is 5.24 Å². The monoisotopic (exact) mass is 260 g/mol. The standard InChI is InChI=1S/C15H13ClO2/c16-15(17)11-18-14-9-5-4-8-13(14)10-12-6-2-1-3-7-12/h1-9H,10-11H2. The normalized spacial score (nSPS) is 10.1. The molecule has 0 fully saturated rings. The second kappa shape index (κ2) is 6.22. The van der Waals surface area contributed by atoms with Crippen molar-refractivity contribution in [3.63, 3.8) is 0 Å². The molecule has 0 bridgehead atoms. The van der Waals surface area contributed by atoms with Gasteiger partial charge in [0.2, 0.25) is 0 Å². The van der Waals surface area contributed by atoms with Crippen molar-refractivity contribution in [1.82, 2.24) is 0 Å². The smallest absolute Gasteiger partial charge is 0.259 e. The maximum Gasteiger partial charge on any atom is 0.259 e. The maximum absolute atomic E-state index is 10.7. The van der Waals surface area contributed by atoms with Gasteiger partial charge in [-0.05, 0) is 28.8 Å². The molecule has 0 aromatic heterocycles. The van der Waals surface area contributed by atoms with Crippen LogP contribution in [-0.2, 0) is 11.2 Å². The van der Waals surface area contributed by atoms with Gasteiger partial charge in [0.15, 0.2) is 6.61 Å². The Labute approximate surface area is 111 Å². The first-order valence-electron chi connectivity index (χ1n) is 5.68. The molecule has 0 radical (unpaired) electrons. The van der Waals surface area contributed by atoms with E-state index in [-0.39, 0.29) is 6.61 Å². The lowest BCUT2D eigenvalue weighted by molar-refractivity contribution is -0.113. The molecule has 0 spiro atoms. The van der Waals surface area contributed by atoms with Crippen molar-refractivity contribution in [1.29, 1.82) is 0 Å². The third-order valence-corrected chi connectivity index (χ3v) is 2.66. The van der Waals surface area contributed by atoms with Gasteiger partial charge in [-0.2, -0.15) is 0 Å². The molecule has 0 aliphatic rings. The molecule has 2 nitrogen and oxygen atoms in total.